The van der Waals surface area contributed by atoms with Crippen LogP contribution >= 0.6 is 0 Å². The maximum absolute atomic E-state index is 11.9. The number of hydrogen-bond donors (Lipinski definition) is 3. The van der Waals surface area contributed by atoms with Crippen molar-refractivity contribution in [1.82, 2.24) is 9.78 Å². The highest BCUT2D eigenvalue weighted by atomic mass is 16.4. The molecule has 0 aliphatic heterocycles. The van der Waals surface area contributed by atoms with Crippen LogP contribution in [-0.2, 0) is 6.54 Å². The Labute approximate surface area is 101 Å². The van der Waals surface area contributed by atoms with Crippen LogP contribution in [0.3, 0.4) is 0 Å². The van der Waals surface area contributed by atoms with Crippen LogP contribution < -0.4 is 5.43 Å². The minimum absolute atomic E-state index is 0.000417. The Hall–Kier alpha value is -2.57. The van der Waals surface area contributed by atoms with Crippen LogP contribution in [-0.4, -0.2) is 31.1 Å². The molecule has 0 saturated heterocycles. The third kappa shape index (κ3) is 1.65. The molecule has 1 heterocycles. The lowest BCUT2D eigenvalue weighted by Gasteiger charge is -2.09. The number of nitrogens with zero attached hydrogens (tertiary/aromatic N) is 2. The summed E-state index contributed by atoms with van der Waals surface area (Å²) in [5.74, 6) is -2.31. The van der Waals surface area contributed by atoms with Crippen molar-refractivity contribution in [1.29, 1.82) is 0 Å². The molecule has 0 unspecified atom stereocenters. The third-order valence-corrected chi connectivity index (χ3v) is 2.55. The van der Waals surface area contributed by atoms with Crippen LogP contribution in [0.15, 0.2) is 16.9 Å². The van der Waals surface area contributed by atoms with Crippen molar-refractivity contribution in [3.63, 3.8) is 0 Å². The fourth-order valence-electron chi connectivity index (χ4n) is 1.69. The van der Waals surface area contributed by atoms with Crippen molar-refractivity contribution in [2.24, 2.45) is 0 Å². The van der Waals surface area contributed by atoms with Gasteiger partial charge in [0.05, 0.1) is 10.9 Å². The number of phenolic OH excluding ortho intramolecular Hbond substituents is 2. The van der Waals surface area contributed by atoms with E-state index in [1.54, 1.807) is 6.92 Å². The monoisotopic (exact) mass is 250 g/mol. The molecule has 0 spiro atoms. The lowest BCUT2D eigenvalue weighted by Crippen LogP contribution is -2.22. The van der Waals surface area contributed by atoms with E-state index in [1.807, 2.05) is 0 Å². The van der Waals surface area contributed by atoms with Gasteiger partial charge in [0.15, 0.2) is 11.5 Å². The van der Waals surface area contributed by atoms with Gasteiger partial charge in [0.1, 0.15) is 0 Å². The molecular weight excluding hydrogens is 240 g/mol. The van der Waals surface area contributed by atoms with Gasteiger partial charge in [0.2, 0.25) is 11.1 Å². The molecule has 1 aromatic heterocycles. The number of rotatable bonds is 2. The zero-order valence-electron chi connectivity index (χ0n) is 9.41. The fraction of sp³-hybridized carbons (Fsp3) is 0.182. The average Bonchev–Trinajstić information content (AvgIpc) is 2.32. The van der Waals surface area contributed by atoms with Crippen molar-refractivity contribution in [2.75, 3.05) is 0 Å². The summed E-state index contributed by atoms with van der Waals surface area (Å²) in [6.07, 6.45) is 0. The number of aromatic nitrogens is 2. The minimum atomic E-state index is -1.43. The van der Waals surface area contributed by atoms with E-state index in [0.29, 0.717) is 6.54 Å². The molecule has 0 aliphatic rings. The molecule has 1 aromatic carbocycles. The maximum Gasteiger partial charge on any atom is 0.360 e. The Morgan fingerprint density at radius 2 is 1.94 bits per heavy atom. The van der Waals surface area contributed by atoms with E-state index in [-0.39, 0.29) is 10.9 Å². The van der Waals surface area contributed by atoms with Gasteiger partial charge in [-0.05, 0) is 13.0 Å². The summed E-state index contributed by atoms with van der Waals surface area (Å²) in [6.45, 7) is 2.04. The molecule has 7 nitrogen and oxygen atoms in total. The molecule has 7 heteroatoms. The smallest absolute Gasteiger partial charge is 0.360 e. The summed E-state index contributed by atoms with van der Waals surface area (Å²) in [5.41, 5.74) is -1.14. The van der Waals surface area contributed by atoms with E-state index >= 15 is 0 Å². The second-order valence-corrected chi connectivity index (χ2v) is 3.66. The first-order chi connectivity index (χ1) is 8.45. The molecule has 0 aliphatic carbocycles. The number of phenols is 2. The van der Waals surface area contributed by atoms with Crippen molar-refractivity contribution in [3.05, 3.63) is 28.0 Å². The van der Waals surface area contributed by atoms with E-state index < -0.39 is 28.6 Å². The predicted molar refractivity (Wildman–Crippen MR) is 62.0 cm³/mol. The number of hydrogen-bond acceptors (Lipinski definition) is 5. The number of benzene rings is 1. The normalized spacial score (nSPS) is 10.7. The van der Waals surface area contributed by atoms with Crippen molar-refractivity contribution in [3.8, 4) is 11.5 Å². The van der Waals surface area contributed by atoms with Crippen LogP contribution in [0, 0.1) is 0 Å². The van der Waals surface area contributed by atoms with Crippen molar-refractivity contribution < 1.29 is 20.1 Å². The summed E-state index contributed by atoms with van der Waals surface area (Å²) in [5, 5.41) is 31.3. The Balaban J connectivity index is 2.99. The van der Waals surface area contributed by atoms with Crippen molar-refractivity contribution >= 4 is 16.9 Å². The quantitative estimate of drug-likeness (QED) is 0.670. The van der Waals surface area contributed by atoms with Gasteiger partial charge in [-0.3, -0.25) is 9.48 Å². The third-order valence-electron chi connectivity index (χ3n) is 2.55. The molecule has 94 valence electrons. The number of aryl methyl sites for hydroxylation is 1. The van der Waals surface area contributed by atoms with Gasteiger partial charge in [0.25, 0.3) is 0 Å². The topological polar surface area (TPSA) is 113 Å². The van der Waals surface area contributed by atoms with E-state index in [2.05, 4.69) is 5.10 Å². The number of aromatic hydroxyl groups is 2. The van der Waals surface area contributed by atoms with Crippen LogP contribution in [0.2, 0.25) is 0 Å². The number of fused-ring (bicyclic) bond motifs is 1. The highest BCUT2D eigenvalue weighted by Crippen LogP contribution is 2.28. The largest absolute Gasteiger partial charge is 0.504 e. The summed E-state index contributed by atoms with van der Waals surface area (Å²) in [6, 6.07) is 2.21. The first kappa shape index (κ1) is 11.9. The Morgan fingerprint density at radius 3 is 2.50 bits per heavy atom. The number of carboxylic acid groups (broad SMARTS) is 1. The Kier molecular flexibility index (Phi) is 2.66. The standard InChI is InChI=1S/C11H10N2O5/c1-2-13-6-4-8(15)7(14)3-5(6)10(16)9(12-13)11(17)18/h3-4,14-15H,2H2,1H3,(H,17,18). The second-order valence-electron chi connectivity index (χ2n) is 3.66. The van der Waals surface area contributed by atoms with E-state index in [4.69, 9.17) is 5.11 Å². The molecule has 18 heavy (non-hydrogen) atoms. The Morgan fingerprint density at radius 1 is 1.33 bits per heavy atom. The van der Waals surface area contributed by atoms with Gasteiger partial charge in [0, 0.05) is 12.6 Å². The summed E-state index contributed by atoms with van der Waals surface area (Å²) < 4.78 is 1.28. The summed E-state index contributed by atoms with van der Waals surface area (Å²) in [4.78, 5) is 22.7. The average molecular weight is 250 g/mol. The van der Waals surface area contributed by atoms with Gasteiger partial charge in [-0.2, -0.15) is 5.10 Å². The van der Waals surface area contributed by atoms with Gasteiger partial charge < -0.3 is 15.3 Å². The molecule has 3 N–H and O–H groups in total. The number of carbonyl (C=O) groups is 1. The molecule has 0 radical (unpaired) electrons. The molecule has 0 bridgehead atoms. The van der Waals surface area contributed by atoms with Crippen LogP contribution in [0.5, 0.6) is 11.5 Å². The maximum atomic E-state index is 11.9. The van der Waals surface area contributed by atoms with E-state index in [1.165, 1.54) is 10.7 Å². The zero-order chi connectivity index (χ0) is 13.4. The molecule has 2 rings (SSSR count). The minimum Gasteiger partial charge on any atom is -0.504 e. The van der Waals surface area contributed by atoms with Gasteiger partial charge in [-0.25, -0.2) is 4.79 Å². The molecule has 2 aromatic rings. The van der Waals surface area contributed by atoms with Gasteiger partial charge >= 0.3 is 5.97 Å². The molecule has 0 saturated carbocycles. The van der Waals surface area contributed by atoms with E-state index in [0.717, 1.165) is 6.07 Å². The van der Waals surface area contributed by atoms with E-state index in [9.17, 15) is 19.8 Å². The van der Waals surface area contributed by atoms with Gasteiger partial charge in [-0.1, -0.05) is 0 Å². The summed E-state index contributed by atoms with van der Waals surface area (Å²) in [7, 11) is 0. The second kappa shape index (κ2) is 4.02. The van der Waals surface area contributed by atoms with Gasteiger partial charge in [-0.15, -0.1) is 0 Å². The molecule has 0 fully saturated rings. The number of aromatic carboxylic acids is 1. The van der Waals surface area contributed by atoms with Crippen molar-refractivity contribution in [2.45, 2.75) is 13.5 Å². The lowest BCUT2D eigenvalue weighted by atomic mass is 10.1. The number of carboxylic acids is 1. The predicted octanol–water partition coefficient (Wildman–Crippen LogP) is 0.526. The zero-order valence-corrected chi connectivity index (χ0v) is 9.41. The van der Waals surface area contributed by atoms with Crippen LogP contribution in [0.4, 0.5) is 0 Å². The molecular formula is C11H10N2O5. The molecule has 0 amide bonds. The highest BCUT2D eigenvalue weighted by Gasteiger charge is 2.17. The SMILES string of the molecule is CCn1nc(C(=O)O)c(=O)c2cc(O)c(O)cc21. The summed E-state index contributed by atoms with van der Waals surface area (Å²) >= 11 is 0. The van der Waals surface area contributed by atoms with Crippen LogP contribution in [0.1, 0.15) is 17.4 Å². The highest BCUT2D eigenvalue weighted by molar-refractivity contribution is 5.91. The fourth-order valence-corrected chi connectivity index (χ4v) is 1.69. The first-order valence-corrected chi connectivity index (χ1v) is 5.15. The van der Waals surface area contributed by atoms with Crippen LogP contribution in [0.25, 0.3) is 10.9 Å². The molecule has 0 atom stereocenters. The Bertz CT molecular complexity index is 705. The lowest BCUT2D eigenvalue weighted by molar-refractivity contribution is 0.0686. The first-order valence-electron chi connectivity index (χ1n) is 5.15.